The SMILES string of the molecule is CCN(Cc1ccc(Cl)nc1)/C(=C/[N+](=O)[O-])NC.COC(=O)N(OC)c1ccccc1COc1ccn(-c2ccc(Cl)cc2)n1. The molecule has 238 valence electrons. The fraction of sp³-hybridized carbons (Fsp3) is 0.233. The van der Waals surface area contributed by atoms with Gasteiger partial charge in [0.1, 0.15) is 11.8 Å². The summed E-state index contributed by atoms with van der Waals surface area (Å²) in [6, 6.07) is 19.8. The lowest BCUT2D eigenvalue weighted by molar-refractivity contribution is -0.404. The molecule has 0 aliphatic heterocycles. The van der Waals surface area contributed by atoms with Gasteiger partial charge in [-0.05, 0) is 48.9 Å². The average Bonchev–Trinajstić information content (AvgIpc) is 3.53. The van der Waals surface area contributed by atoms with Crippen molar-refractivity contribution in [1.29, 1.82) is 0 Å². The summed E-state index contributed by atoms with van der Waals surface area (Å²) in [5.41, 5.74) is 3.08. The van der Waals surface area contributed by atoms with Gasteiger partial charge in [0.25, 0.3) is 6.20 Å². The van der Waals surface area contributed by atoms with Gasteiger partial charge in [-0.1, -0.05) is 47.5 Å². The quantitative estimate of drug-likeness (QED) is 0.108. The second-order valence-corrected chi connectivity index (χ2v) is 9.82. The summed E-state index contributed by atoms with van der Waals surface area (Å²) in [5.74, 6) is 0.902. The van der Waals surface area contributed by atoms with Gasteiger partial charge in [0.05, 0.1) is 30.5 Å². The lowest BCUT2D eigenvalue weighted by Gasteiger charge is -2.23. The first-order chi connectivity index (χ1) is 21.7. The van der Waals surface area contributed by atoms with Crippen LogP contribution in [-0.2, 0) is 22.7 Å². The molecular weight excluding hydrogens is 625 g/mol. The Balaban J connectivity index is 0.000000268. The summed E-state index contributed by atoms with van der Waals surface area (Å²) in [6.07, 6.45) is 3.77. The smallest absolute Gasteiger partial charge is 0.438 e. The van der Waals surface area contributed by atoms with Crippen molar-refractivity contribution in [3.63, 3.8) is 0 Å². The van der Waals surface area contributed by atoms with E-state index in [0.29, 0.717) is 40.7 Å². The zero-order valence-corrected chi connectivity index (χ0v) is 26.6. The van der Waals surface area contributed by atoms with E-state index in [9.17, 15) is 14.9 Å². The van der Waals surface area contributed by atoms with Crippen molar-refractivity contribution >= 4 is 35.0 Å². The predicted octanol–water partition coefficient (Wildman–Crippen LogP) is 6.09. The molecule has 0 aliphatic rings. The van der Waals surface area contributed by atoms with Crippen molar-refractivity contribution in [2.45, 2.75) is 20.1 Å². The number of aromatic nitrogens is 3. The van der Waals surface area contributed by atoms with E-state index < -0.39 is 11.0 Å². The standard InChI is InChI=1S/C19H18ClN3O4.C11H15ClN4O2/c1-25-19(24)23(26-2)17-6-4-3-5-14(17)13-27-18-11-12-22(21-18)16-9-7-15(20)8-10-16;1-3-15(11(13-2)8-16(17)18)7-9-4-5-10(12)14-6-9/h3-12H,13H2,1-2H3;4-6,8,13H,3,7H2,1-2H3/b;11-8+. The number of carbonyl (C=O) groups is 1. The highest BCUT2D eigenvalue weighted by atomic mass is 35.5. The summed E-state index contributed by atoms with van der Waals surface area (Å²) in [7, 11) is 4.33. The van der Waals surface area contributed by atoms with Gasteiger partial charge in [-0.15, -0.1) is 5.10 Å². The van der Waals surface area contributed by atoms with E-state index in [1.165, 1.54) is 14.2 Å². The highest BCUT2D eigenvalue weighted by Gasteiger charge is 2.19. The largest absolute Gasteiger partial charge is 0.472 e. The minimum Gasteiger partial charge on any atom is -0.472 e. The van der Waals surface area contributed by atoms with Gasteiger partial charge in [-0.2, -0.15) is 5.06 Å². The van der Waals surface area contributed by atoms with Crippen molar-refractivity contribution in [2.75, 3.05) is 32.9 Å². The molecule has 0 spiro atoms. The number of hydrogen-bond donors (Lipinski definition) is 1. The van der Waals surface area contributed by atoms with Crippen molar-refractivity contribution in [3.05, 3.63) is 123 Å². The molecule has 0 atom stereocenters. The lowest BCUT2D eigenvalue weighted by atomic mass is 10.2. The van der Waals surface area contributed by atoms with E-state index in [1.54, 1.807) is 60.5 Å². The van der Waals surface area contributed by atoms with Gasteiger partial charge in [-0.3, -0.25) is 15.0 Å². The summed E-state index contributed by atoms with van der Waals surface area (Å²) in [5, 5.41) is 19.9. The van der Waals surface area contributed by atoms with Crippen molar-refractivity contribution in [1.82, 2.24) is 25.0 Å². The Kier molecular flexibility index (Phi) is 13.4. The third kappa shape index (κ3) is 10.4. The maximum Gasteiger partial charge on any atom is 0.438 e. The number of amides is 1. The maximum absolute atomic E-state index is 11.9. The lowest BCUT2D eigenvalue weighted by Crippen LogP contribution is -2.30. The van der Waals surface area contributed by atoms with E-state index in [2.05, 4.69) is 15.4 Å². The molecule has 0 radical (unpaired) electrons. The fourth-order valence-corrected chi connectivity index (χ4v) is 4.19. The number of nitrogens with zero attached hydrogens (tertiary/aromatic N) is 6. The number of rotatable bonds is 12. The van der Waals surface area contributed by atoms with Crippen LogP contribution in [0.5, 0.6) is 5.88 Å². The number of hydrogen-bond acceptors (Lipinski definition) is 10. The van der Waals surface area contributed by atoms with E-state index in [1.807, 2.05) is 42.2 Å². The number of halogens is 2. The Labute approximate surface area is 270 Å². The summed E-state index contributed by atoms with van der Waals surface area (Å²) >= 11 is 11.6. The summed E-state index contributed by atoms with van der Waals surface area (Å²) in [6.45, 7) is 3.30. The normalized spacial score (nSPS) is 10.8. The Morgan fingerprint density at radius 2 is 1.82 bits per heavy atom. The first-order valence-electron chi connectivity index (χ1n) is 13.5. The van der Waals surface area contributed by atoms with Gasteiger partial charge in [0, 0.05) is 49.2 Å². The van der Waals surface area contributed by atoms with Crippen molar-refractivity contribution < 1.29 is 24.0 Å². The molecule has 0 saturated carbocycles. The molecule has 1 N–H and O–H groups in total. The van der Waals surface area contributed by atoms with Gasteiger partial charge >= 0.3 is 6.09 Å². The van der Waals surface area contributed by atoms with Crippen LogP contribution in [0.15, 0.2) is 91.1 Å². The monoisotopic (exact) mass is 657 g/mol. The first-order valence-corrected chi connectivity index (χ1v) is 14.3. The Bertz CT molecular complexity index is 1570. The second-order valence-electron chi connectivity index (χ2n) is 8.99. The van der Waals surface area contributed by atoms with Crippen LogP contribution in [0.4, 0.5) is 10.5 Å². The van der Waals surface area contributed by atoms with Crippen molar-refractivity contribution in [2.24, 2.45) is 0 Å². The number of pyridine rings is 1. The zero-order chi connectivity index (χ0) is 32.8. The van der Waals surface area contributed by atoms with Crippen LogP contribution in [0.25, 0.3) is 5.69 Å². The predicted molar refractivity (Wildman–Crippen MR) is 171 cm³/mol. The molecule has 45 heavy (non-hydrogen) atoms. The van der Waals surface area contributed by atoms with E-state index in [0.717, 1.165) is 28.1 Å². The van der Waals surface area contributed by atoms with Crippen LogP contribution in [0.1, 0.15) is 18.1 Å². The van der Waals surface area contributed by atoms with Crippen LogP contribution in [0, 0.1) is 10.1 Å². The number of anilines is 1. The Hall–Kier alpha value is -4.85. The van der Waals surface area contributed by atoms with Crippen LogP contribution >= 0.6 is 23.2 Å². The Morgan fingerprint density at radius 3 is 2.42 bits per heavy atom. The van der Waals surface area contributed by atoms with E-state index in [4.69, 9.17) is 37.5 Å². The number of hydroxylamine groups is 1. The highest BCUT2D eigenvalue weighted by Crippen LogP contribution is 2.23. The second kappa shape index (κ2) is 17.4. The molecule has 0 unspecified atom stereocenters. The molecule has 0 fully saturated rings. The molecule has 13 nitrogen and oxygen atoms in total. The van der Waals surface area contributed by atoms with Crippen LogP contribution < -0.4 is 15.1 Å². The molecule has 4 rings (SSSR count). The number of methoxy groups -OCH3 is 1. The summed E-state index contributed by atoms with van der Waals surface area (Å²) < 4.78 is 12.2. The number of benzene rings is 2. The number of nitro groups is 1. The van der Waals surface area contributed by atoms with Crippen molar-refractivity contribution in [3.8, 4) is 11.6 Å². The number of nitrogens with one attached hydrogen (secondary N) is 1. The van der Waals surface area contributed by atoms with Gasteiger partial charge in [0.2, 0.25) is 5.88 Å². The molecule has 2 aromatic carbocycles. The molecule has 0 saturated heterocycles. The minimum absolute atomic E-state index is 0.199. The van der Waals surface area contributed by atoms with Crippen LogP contribution in [0.3, 0.4) is 0 Å². The number of ether oxygens (including phenoxy) is 2. The van der Waals surface area contributed by atoms with Crippen LogP contribution in [-0.4, -0.2) is 58.5 Å². The first kappa shape index (κ1) is 34.6. The third-order valence-electron chi connectivity index (χ3n) is 6.13. The maximum atomic E-state index is 11.9. The molecule has 2 aromatic heterocycles. The molecular formula is C30H33Cl2N7O6. The summed E-state index contributed by atoms with van der Waals surface area (Å²) in [4.78, 5) is 32.9. The van der Waals surface area contributed by atoms with Gasteiger partial charge in [0.15, 0.2) is 5.82 Å². The molecule has 0 bridgehead atoms. The average molecular weight is 659 g/mol. The van der Waals surface area contributed by atoms with E-state index in [-0.39, 0.29) is 6.61 Å². The molecule has 4 aromatic rings. The minimum atomic E-state index is -0.628. The molecule has 15 heteroatoms. The molecule has 2 heterocycles. The van der Waals surface area contributed by atoms with Gasteiger partial charge in [-0.25, -0.2) is 14.5 Å². The molecule has 1 amide bonds. The Morgan fingerprint density at radius 1 is 1.09 bits per heavy atom. The zero-order valence-electron chi connectivity index (χ0n) is 25.1. The number of carbonyl (C=O) groups excluding carboxylic acids is 1. The highest BCUT2D eigenvalue weighted by molar-refractivity contribution is 6.30. The van der Waals surface area contributed by atoms with Gasteiger partial charge < -0.3 is 19.7 Å². The number of para-hydroxylation sites is 1. The molecule has 0 aliphatic carbocycles. The van der Waals surface area contributed by atoms with Crippen LogP contribution in [0.2, 0.25) is 10.2 Å². The topological polar surface area (TPSA) is 137 Å². The fourth-order valence-electron chi connectivity index (χ4n) is 3.95. The van der Waals surface area contributed by atoms with E-state index >= 15 is 0 Å². The third-order valence-corrected chi connectivity index (χ3v) is 6.61.